The number of rotatable bonds is 28. The molecular formula is C31H60N4O6. The zero-order chi connectivity index (χ0) is 30.6. The lowest BCUT2D eigenvalue weighted by atomic mass is 10.1. The number of unbranched alkanes of at least 4 members (excludes halogenated alkanes) is 15. The maximum absolute atomic E-state index is 12.9. The van der Waals surface area contributed by atoms with Crippen LogP contribution in [0.4, 0.5) is 0 Å². The molecule has 0 spiro atoms. The predicted molar refractivity (Wildman–Crippen MR) is 163 cm³/mol. The maximum Gasteiger partial charge on any atom is 0.306 e. The van der Waals surface area contributed by atoms with Crippen LogP contribution in [-0.2, 0) is 28.7 Å². The summed E-state index contributed by atoms with van der Waals surface area (Å²) < 4.78 is 10.9. The molecule has 0 aliphatic rings. The van der Waals surface area contributed by atoms with Crippen LogP contribution in [0.5, 0.6) is 0 Å². The van der Waals surface area contributed by atoms with E-state index in [1.807, 2.05) is 0 Å². The summed E-state index contributed by atoms with van der Waals surface area (Å²) in [5.74, 6) is -2.70. The monoisotopic (exact) mass is 584 g/mol. The molecule has 240 valence electrons. The highest BCUT2D eigenvalue weighted by Crippen LogP contribution is 2.15. The van der Waals surface area contributed by atoms with Crippen molar-refractivity contribution in [3.63, 3.8) is 0 Å². The van der Waals surface area contributed by atoms with Crippen LogP contribution in [0.25, 0.3) is 0 Å². The molecule has 0 aromatic heterocycles. The third kappa shape index (κ3) is 22.1. The summed E-state index contributed by atoms with van der Waals surface area (Å²) in [6, 6.07) is 0. The molecule has 0 fully saturated rings. The van der Waals surface area contributed by atoms with E-state index in [0.29, 0.717) is 12.8 Å². The summed E-state index contributed by atoms with van der Waals surface area (Å²) in [7, 11) is 0. The second-order valence-corrected chi connectivity index (χ2v) is 10.8. The third-order valence-corrected chi connectivity index (χ3v) is 6.91. The van der Waals surface area contributed by atoms with Crippen molar-refractivity contribution in [1.29, 1.82) is 0 Å². The Morgan fingerprint density at radius 1 is 0.512 bits per heavy atom. The Balaban J connectivity index is 5.02. The molecule has 6 N–H and O–H groups in total. The number of amides is 2. The molecule has 0 bridgehead atoms. The fraction of sp³-hybridized carbons (Fsp3) is 0.871. The van der Waals surface area contributed by atoms with Crippen molar-refractivity contribution in [2.24, 2.45) is 11.5 Å². The number of nitrogens with one attached hydrogen (secondary N) is 2. The molecule has 0 saturated carbocycles. The van der Waals surface area contributed by atoms with Crippen LogP contribution < -0.4 is 22.1 Å². The summed E-state index contributed by atoms with van der Waals surface area (Å²) in [6.07, 6.45) is 15.3. The molecule has 0 rings (SSSR count). The number of carbonyl (C=O) groups excluding carboxylic acids is 4. The molecule has 0 unspecified atom stereocenters. The van der Waals surface area contributed by atoms with Gasteiger partial charge in [-0.3, -0.25) is 19.2 Å². The van der Waals surface area contributed by atoms with Gasteiger partial charge in [0.25, 0.3) is 11.8 Å². The highest BCUT2D eigenvalue weighted by atomic mass is 16.6. The SMILES string of the molecule is CCCCCCCCCCCC(=O)O[C@@H](C(=O)NCCN)[C@@H](OC(=O)CCCCCCCCCC)C(=O)NCCN. The Morgan fingerprint density at radius 2 is 0.805 bits per heavy atom. The highest BCUT2D eigenvalue weighted by molar-refractivity contribution is 5.93. The van der Waals surface area contributed by atoms with Crippen LogP contribution in [-0.4, -0.2) is 62.1 Å². The Bertz CT molecular complexity index is 692. The first-order valence-electron chi connectivity index (χ1n) is 16.3. The average Bonchev–Trinajstić information content (AvgIpc) is 2.96. The van der Waals surface area contributed by atoms with Crippen molar-refractivity contribution in [3.8, 4) is 0 Å². The van der Waals surface area contributed by atoms with E-state index in [2.05, 4.69) is 24.5 Å². The van der Waals surface area contributed by atoms with Gasteiger partial charge in [0.05, 0.1) is 0 Å². The van der Waals surface area contributed by atoms with Gasteiger partial charge in [0.2, 0.25) is 12.2 Å². The molecule has 0 aromatic carbocycles. The van der Waals surface area contributed by atoms with Crippen molar-refractivity contribution in [2.75, 3.05) is 26.2 Å². The first-order chi connectivity index (χ1) is 19.9. The van der Waals surface area contributed by atoms with E-state index in [4.69, 9.17) is 20.9 Å². The van der Waals surface area contributed by atoms with E-state index in [9.17, 15) is 19.2 Å². The molecule has 0 radical (unpaired) electrons. The van der Waals surface area contributed by atoms with Crippen LogP contribution in [0, 0.1) is 0 Å². The summed E-state index contributed by atoms with van der Waals surface area (Å²) in [5.41, 5.74) is 11.0. The van der Waals surface area contributed by atoms with Gasteiger partial charge in [-0.2, -0.15) is 0 Å². The minimum atomic E-state index is -1.62. The van der Waals surface area contributed by atoms with Crippen LogP contribution in [0.3, 0.4) is 0 Å². The highest BCUT2D eigenvalue weighted by Gasteiger charge is 2.40. The average molecular weight is 585 g/mol. The van der Waals surface area contributed by atoms with E-state index in [0.717, 1.165) is 38.5 Å². The second kappa shape index (κ2) is 27.9. The van der Waals surface area contributed by atoms with Gasteiger partial charge in [-0.15, -0.1) is 0 Å². The summed E-state index contributed by atoms with van der Waals surface area (Å²) in [6.45, 7) is 4.94. The lowest BCUT2D eigenvalue weighted by Gasteiger charge is -2.25. The number of hydrogen-bond donors (Lipinski definition) is 4. The number of nitrogens with two attached hydrogens (primary N) is 2. The Morgan fingerprint density at radius 3 is 1.10 bits per heavy atom. The molecule has 10 nitrogen and oxygen atoms in total. The van der Waals surface area contributed by atoms with Gasteiger partial charge < -0.3 is 31.6 Å². The quantitative estimate of drug-likeness (QED) is 0.0776. The maximum atomic E-state index is 12.9. The second-order valence-electron chi connectivity index (χ2n) is 10.8. The van der Waals surface area contributed by atoms with Crippen molar-refractivity contribution in [1.82, 2.24) is 10.6 Å². The standard InChI is InChI=1S/C31H60N4O6/c1-3-5-7-9-11-13-15-17-19-21-27(37)41-29(31(39)35-25-23-33)28(30(38)34-24-22-32)40-26(36)20-18-16-14-12-10-8-6-4-2/h28-29H,3-25,32-33H2,1-2H3,(H,34,38)(H,35,39)/t28-,29-/m1/s1. The largest absolute Gasteiger partial charge is 0.448 e. The van der Waals surface area contributed by atoms with Crippen LogP contribution in [0.1, 0.15) is 136 Å². The molecule has 0 saturated heterocycles. The molecule has 2 amide bonds. The smallest absolute Gasteiger partial charge is 0.306 e. The molecule has 2 atom stereocenters. The zero-order valence-electron chi connectivity index (χ0n) is 26.0. The lowest BCUT2D eigenvalue weighted by Crippen LogP contribution is -2.54. The Kier molecular flexibility index (Phi) is 26.4. The first kappa shape index (κ1) is 38.8. The van der Waals surface area contributed by atoms with Crippen molar-refractivity contribution >= 4 is 23.8 Å². The van der Waals surface area contributed by atoms with Gasteiger partial charge in [-0.25, -0.2) is 0 Å². The van der Waals surface area contributed by atoms with Crippen molar-refractivity contribution < 1.29 is 28.7 Å². The molecule has 0 heterocycles. The molecule has 41 heavy (non-hydrogen) atoms. The minimum Gasteiger partial charge on any atom is -0.448 e. The number of ether oxygens (including phenoxy) is 2. The van der Waals surface area contributed by atoms with E-state index >= 15 is 0 Å². The zero-order valence-corrected chi connectivity index (χ0v) is 26.0. The van der Waals surface area contributed by atoms with Gasteiger partial charge in [0.1, 0.15) is 0 Å². The van der Waals surface area contributed by atoms with Crippen molar-refractivity contribution in [3.05, 3.63) is 0 Å². The van der Waals surface area contributed by atoms with Gasteiger partial charge in [0, 0.05) is 39.0 Å². The number of esters is 2. The lowest BCUT2D eigenvalue weighted by molar-refractivity contribution is -0.176. The van der Waals surface area contributed by atoms with E-state index in [1.165, 1.54) is 57.8 Å². The topological polar surface area (TPSA) is 163 Å². The molecule has 10 heteroatoms. The first-order valence-corrected chi connectivity index (χ1v) is 16.3. The Hall–Kier alpha value is -2.20. The van der Waals surface area contributed by atoms with E-state index < -0.39 is 36.0 Å². The van der Waals surface area contributed by atoms with Gasteiger partial charge in [-0.05, 0) is 12.8 Å². The Labute approximate surface area is 248 Å². The molecular weight excluding hydrogens is 524 g/mol. The fourth-order valence-corrected chi connectivity index (χ4v) is 4.48. The van der Waals surface area contributed by atoms with Gasteiger partial charge >= 0.3 is 11.9 Å². The van der Waals surface area contributed by atoms with Crippen molar-refractivity contribution in [2.45, 2.75) is 148 Å². The summed E-state index contributed by atoms with van der Waals surface area (Å²) in [5, 5.41) is 5.10. The molecule has 0 aromatic rings. The summed E-state index contributed by atoms with van der Waals surface area (Å²) in [4.78, 5) is 51.2. The normalized spacial score (nSPS) is 12.4. The van der Waals surface area contributed by atoms with Crippen LogP contribution in [0.2, 0.25) is 0 Å². The fourth-order valence-electron chi connectivity index (χ4n) is 4.48. The number of carbonyl (C=O) groups is 4. The van der Waals surface area contributed by atoms with Gasteiger partial charge in [-0.1, -0.05) is 110 Å². The molecule has 0 aliphatic heterocycles. The minimum absolute atomic E-state index is 0.110. The van der Waals surface area contributed by atoms with Gasteiger partial charge in [0.15, 0.2) is 0 Å². The number of hydrogen-bond acceptors (Lipinski definition) is 8. The van der Waals surface area contributed by atoms with E-state index in [1.54, 1.807) is 0 Å². The molecule has 0 aliphatic carbocycles. The summed E-state index contributed by atoms with van der Waals surface area (Å²) >= 11 is 0. The third-order valence-electron chi connectivity index (χ3n) is 6.91. The van der Waals surface area contributed by atoms with E-state index in [-0.39, 0.29) is 39.0 Å². The van der Waals surface area contributed by atoms with Crippen LogP contribution in [0.15, 0.2) is 0 Å². The van der Waals surface area contributed by atoms with Crippen LogP contribution >= 0.6 is 0 Å². The predicted octanol–water partition coefficient (Wildman–Crippen LogP) is 4.41.